The average molecular weight is 208 g/mol. The van der Waals surface area contributed by atoms with Gasteiger partial charge in [0, 0.05) is 25.9 Å². The number of ether oxygens (including phenoxy) is 1. The number of fused-ring (bicyclic) bond motifs is 1. The zero-order chi connectivity index (χ0) is 10.7. The fourth-order valence-corrected chi connectivity index (χ4v) is 2.07. The van der Waals surface area contributed by atoms with Crippen LogP contribution in [0.5, 0.6) is 0 Å². The van der Waals surface area contributed by atoms with Crippen LogP contribution in [0.25, 0.3) is 0 Å². The number of nitrogens with one attached hydrogen (secondary N) is 1. The Morgan fingerprint density at radius 2 is 2.53 bits per heavy atom. The SMILES string of the molecule is COCNC(=O)C1=C2CCCN2CC=C1. The Kier molecular flexibility index (Phi) is 3.06. The van der Waals surface area contributed by atoms with E-state index in [1.165, 1.54) is 5.70 Å². The number of methoxy groups -OCH3 is 1. The van der Waals surface area contributed by atoms with Crippen molar-refractivity contribution in [3.8, 4) is 0 Å². The molecule has 1 saturated heterocycles. The van der Waals surface area contributed by atoms with Crippen LogP contribution in [0.4, 0.5) is 0 Å². The molecule has 0 radical (unpaired) electrons. The van der Waals surface area contributed by atoms with Crippen LogP contribution in [-0.2, 0) is 9.53 Å². The number of amides is 1. The van der Waals surface area contributed by atoms with Crippen molar-refractivity contribution in [2.24, 2.45) is 0 Å². The molecule has 0 bridgehead atoms. The van der Waals surface area contributed by atoms with E-state index >= 15 is 0 Å². The smallest absolute Gasteiger partial charge is 0.254 e. The summed E-state index contributed by atoms with van der Waals surface area (Å²) >= 11 is 0. The molecule has 1 amide bonds. The van der Waals surface area contributed by atoms with E-state index in [2.05, 4.69) is 10.2 Å². The van der Waals surface area contributed by atoms with Gasteiger partial charge in [0.15, 0.2) is 0 Å². The van der Waals surface area contributed by atoms with Crippen molar-refractivity contribution in [3.63, 3.8) is 0 Å². The lowest BCUT2D eigenvalue weighted by Gasteiger charge is -2.23. The maximum Gasteiger partial charge on any atom is 0.254 e. The van der Waals surface area contributed by atoms with E-state index < -0.39 is 0 Å². The van der Waals surface area contributed by atoms with Crippen LogP contribution >= 0.6 is 0 Å². The summed E-state index contributed by atoms with van der Waals surface area (Å²) in [6, 6.07) is 0. The number of nitrogens with zero attached hydrogens (tertiary/aromatic N) is 1. The van der Waals surface area contributed by atoms with Crippen LogP contribution in [0.3, 0.4) is 0 Å². The van der Waals surface area contributed by atoms with Gasteiger partial charge < -0.3 is 15.0 Å². The normalized spacial score (nSPS) is 19.4. The van der Waals surface area contributed by atoms with E-state index in [1.807, 2.05) is 12.2 Å². The molecule has 1 N–H and O–H groups in total. The number of carbonyl (C=O) groups is 1. The molecule has 0 unspecified atom stereocenters. The summed E-state index contributed by atoms with van der Waals surface area (Å²) in [5.74, 6) is -0.0327. The monoisotopic (exact) mass is 208 g/mol. The van der Waals surface area contributed by atoms with Gasteiger partial charge in [0.1, 0.15) is 6.73 Å². The Hall–Kier alpha value is -1.29. The van der Waals surface area contributed by atoms with Crippen LogP contribution in [0.15, 0.2) is 23.4 Å². The number of hydrogen-bond acceptors (Lipinski definition) is 3. The van der Waals surface area contributed by atoms with Gasteiger partial charge in [0.25, 0.3) is 5.91 Å². The Labute approximate surface area is 89.6 Å². The maximum atomic E-state index is 11.8. The average Bonchev–Trinajstić information content (AvgIpc) is 2.73. The van der Waals surface area contributed by atoms with Gasteiger partial charge in [-0.25, -0.2) is 0 Å². The minimum absolute atomic E-state index is 0.0327. The van der Waals surface area contributed by atoms with Crippen molar-refractivity contribution in [1.29, 1.82) is 0 Å². The molecular formula is C11H16N2O2. The molecule has 4 heteroatoms. The molecule has 4 nitrogen and oxygen atoms in total. The molecule has 0 aliphatic carbocycles. The molecule has 2 rings (SSSR count). The highest BCUT2D eigenvalue weighted by Crippen LogP contribution is 2.27. The van der Waals surface area contributed by atoms with Gasteiger partial charge in [-0.3, -0.25) is 4.79 Å². The lowest BCUT2D eigenvalue weighted by atomic mass is 10.1. The molecule has 82 valence electrons. The summed E-state index contributed by atoms with van der Waals surface area (Å²) in [7, 11) is 1.57. The van der Waals surface area contributed by atoms with Crippen LogP contribution in [0.1, 0.15) is 12.8 Å². The third-order valence-electron chi connectivity index (χ3n) is 2.77. The summed E-state index contributed by atoms with van der Waals surface area (Å²) in [5.41, 5.74) is 1.99. The van der Waals surface area contributed by atoms with Gasteiger partial charge in [-0.05, 0) is 18.9 Å². The van der Waals surface area contributed by atoms with Gasteiger partial charge >= 0.3 is 0 Å². The van der Waals surface area contributed by atoms with Gasteiger partial charge in [-0.15, -0.1) is 0 Å². The fourth-order valence-electron chi connectivity index (χ4n) is 2.07. The Balaban J connectivity index is 2.12. The largest absolute Gasteiger partial charge is 0.370 e. The van der Waals surface area contributed by atoms with Gasteiger partial charge in [0.05, 0.1) is 5.57 Å². The number of allylic oxidation sites excluding steroid dienone is 1. The van der Waals surface area contributed by atoms with Crippen molar-refractivity contribution in [3.05, 3.63) is 23.4 Å². The first-order valence-corrected chi connectivity index (χ1v) is 5.24. The Morgan fingerprint density at radius 1 is 1.67 bits per heavy atom. The van der Waals surface area contributed by atoms with Crippen molar-refractivity contribution in [2.45, 2.75) is 12.8 Å². The second kappa shape index (κ2) is 4.49. The first-order chi connectivity index (χ1) is 7.33. The highest BCUT2D eigenvalue weighted by Gasteiger charge is 2.24. The first kappa shape index (κ1) is 10.2. The molecule has 2 aliphatic rings. The minimum atomic E-state index is -0.0327. The number of hydrogen-bond donors (Lipinski definition) is 1. The standard InChI is InChI=1S/C11H16N2O2/c1-15-8-12-11(14)9-4-2-6-13-7-3-5-10(9)13/h2,4H,3,5-8H2,1H3,(H,12,14). The van der Waals surface area contributed by atoms with Gasteiger partial charge in [-0.1, -0.05) is 6.08 Å². The van der Waals surface area contributed by atoms with Crippen LogP contribution in [0, 0.1) is 0 Å². The van der Waals surface area contributed by atoms with E-state index in [-0.39, 0.29) is 12.6 Å². The molecule has 2 heterocycles. The third-order valence-corrected chi connectivity index (χ3v) is 2.77. The van der Waals surface area contributed by atoms with Crippen molar-refractivity contribution in [1.82, 2.24) is 10.2 Å². The van der Waals surface area contributed by atoms with Crippen molar-refractivity contribution in [2.75, 3.05) is 26.9 Å². The zero-order valence-corrected chi connectivity index (χ0v) is 8.95. The molecule has 0 aromatic heterocycles. The number of carbonyl (C=O) groups excluding carboxylic acids is 1. The van der Waals surface area contributed by atoms with Crippen molar-refractivity contribution < 1.29 is 9.53 Å². The van der Waals surface area contributed by atoms with E-state index in [0.29, 0.717) is 0 Å². The quantitative estimate of drug-likeness (QED) is 0.691. The predicted molar refractivity (Wildman–Crippen MR) is 57.0 cm³/mol. The van der Waals surface area contributed by atoms with Crippen molar-refractivity contribution >= 4 is 5.91 Å². The molecule has 2 aliphatic heterocycles. The van der Waals surface area contributed by atoms with Crippen LogP contribution in [0.2, 0.25) is 0 Å². The highest BCUT2D eigenvalue weighted by molar-refractivity contribution is 5.97. The predicted octanol–water partition coefficient (Wildman–Crippen LogP) is 0.626. The molecule has 0 saturated carbocycles. The maximum absolute atomic E-state index is 11.8. The van der Waals surface area contributed by atoms with E-state index in [0.717, 1.165) is 31.5 Å². The van der Waals surface area contributed by atoms with Gasteiger partial charge in [0.2, 0.25) is 0 Å². The summed E-state index contributed by atoms with van der Waals surface area (Å²) in [5, 5.41) is 2.72. The second-order valence-electron chi connectivity index (χ2n) is 3.75. The third kappa shape index (κ3) is 2.04. The molecule has 0 spiro atoms. The molecule has 0 atom stereocenters. The molecular weight excluding hydrogens is 192 g/mol. The van der Waals surface area contributed by atoms with E-state index in [4.69, 9.17) is 4.74 Å². The van der Waals surface area contributed by atoms with Gasteiger partial charge in [-0.2, -0.15) is 0 Å². The molecule has 1 fully saturated rings. The topological polar surface area (TPSA) is 41.6 Å². The first-order valence-electron chi connectivity index (χ1n) is 5.24. The van der Waals surface area contributed by atoms with Crippen LogP contribution in [-0.4, -0.2) is 37.7 Å². The second-order valence-corrected chi connectivity index (χ2v) is 3.75. The summed E-state index contributed by atoms with van der Waals surface area (Å²) in [6.45, 7) is 2.28. The van der Waals surface area contributed by atoms with E-state index in [9.17, 15) is 4.79 Å². The molecule has 0 aromatic rings. The summed E-state index contributed by atoms with van der Waals surface area (Å²) in [4.78, 5) is 14.0. The van der Waals surface area contributed by atoms with Crippen LogP contribution < -0.4 is 5.32 Å². The molecule has 15 heavy (non-hydrogen) atoms. The highest BCUT2D eigenvalue weighted by atomic mass is 16.5. The summed E-state index contributed by atoms with van der Waals surface area (Å²) < 4.78 is 4.82. The zero-order valence-electron chi connectivity index (χ0n) is 8.95. The summed E-state index contributed by atoms with van der Waals surface area (Å²) in [6.07, 6.45) is 6.12. The lowest BCUT2D eigenvalue weighted by Crippen LogP contribution is -2.31. The Morgan fingerprint density at radius 3 is 3.33 bits per heavy atom. The minimum Gasteiger partial charge on any atom is -0.370 e. The molecule has 0 aromatic carbocycles. The lowest BCUT2D eigenvalue weighted by molar-refractivity contribution is -0.118. The number of rotatable bonds is 3. The Bertz CT molecular complexity index is 321. The fraction of sp³-hybridized carbons (Fsp3) is 0.545. The van der Waals surface area contributed by atoms with E-state index in [1.54, 1.807) is 7.11 Å².